The van der Waals surface area contributed by atoms with Gasteiger partial charge in [0, 0.05) is 17.5 Å². The Balaban J connectivity index is 1.54. The van der Waals surface area contributed by atoms with Crippen LogP contribution in [-0.2, 0) is 9.59 Å². The summed E-state index contributed by atoms with van der Waals surface area (Å²) in [6.45, 7) is 4.30. The summed E-state index contributed by atoms with van der Waals surface area (Å²) < 4.78 is 13.2. The number of amides is 2. The minimum absolute atomic E-state index is 0.0849. The predicted octanol–water partition coefficient (Wildman–Crippen LogP) is 4.02. The molecule has 0 bridgehead atoms. The summed E-state index contributed by atoms with van der Waals surface area (Å²) in [6, 6.07) is 3.99. The normalized spacial score (nSPS) is 20.1. The first kappa shape index (κ1) is 26.2. The highest BCUT2D eigenvalue weighted by atomic mass is 32.1. The molecule has 1 saturated heterocycles. The third-order valence-electron chi connectivity index (χ3n) is 7.20. The molecule has 2 N–H and O–H groups in total. The number of aromatic nitrogens is 1. The van der Waals surface area contributed by atoms with Crippen LogP contribution in [0, 0.1) is 11.7 Å². The Labute approximate surface area is 215 Å². The van der Waals surface area contributed by atoms with Crippen molar-refractivity contribution in [1.82, 2.24) is 20.5 Å². The predicted molar refractivity (Wildman–Crippen MR) is 137 cm³/mol. The van der Waals surface area contributed by atoms with Crippen LogP contribution in [0.2, 0.25) is 0 Å². The molecule has 2 fully saturated rings. The molecular formula is C27H33FN4O3S. The highest BCUT2D eigenvalue weighted by Crippen LogP contribution is 2.36. The maximum atomic E-state index is 13.9. The number of rotatable bonds is 9. The molecule has 36 heavy (non-hydrogen) atoms. The number of thiazole rings is 1. The van der Waals surface area contributed by atoms with Crippen LogP contribution in [0.15, 0.2) is 42.3 Å². The van der Waals surface area contributed by atoms with Crippen LogP contribution >= 0.6 is 11.3 Å². The van der Waals surface area contributed by atoms with Crippen molar-refractivity contribution >= 4 is 28.9 Å². The molecule has 2 aromatic rings. The molecule has 0 radical (unpaired) electrons. The average Bonchev–Trinajstić information content (AvgIpc) is 3.58. The van der Waals surface area contributed by atoms with Crippen molar-refractivity contribution in [2.75, 3.05) is 13.6 Å². The van der Waals surface area contributed by atoms with Crippen LogP contribution in [0.25, 0.3) is 0 Å². The van der Waals surface area contributed by atoms with Gasteiger partial charge in [0.15, 0.2) is 0 Å². The van der Waals surface area contributed by atoms with Gasteiger partial charge >= 0.3 is 0 Å². The molecule has 192 valence electrons. The molecule has 1 aliphatic carbocycles. The number of nitrogens with one attached hydrogen (secondary N) is 2. The van der Waals surface area contributed by atoms with Crippen LogP contribution in [0.4, 0.5) is 4.39 Å². The van der Waals surface area contributed by atoms with E-state index in [0.29, 0.717) is 22.8 Å². The van der Waals surface area contributed by atoms with Crippen molar-refractivity contribution in [2.45, 2.75) is 63.1 Å². The van der Waals surface area contributed by atoms with Crippen molar-refractivity contribution in [3.05, 3.63) is 64.4 Å². The molecule has 4 rings (SSSR count). The third-order valence-corrected chi connectivity index (χ3v) is 8.14. The van der Waals surface area contributed by atoms with E-state index in [1.807, 2.05) is 4.90 Å². The van der Waals surface area contributed by atoms with E-state index in [4.69, 9.17) is 0 Å². The molecule has 1 aromatic heterocycles. The fourth-order valence-electron chi connectivity index (χ4n) is 5.21. The Morgan fingerprint density at radius 2 is 1.86 bits per heavy atom. The number of ketones is 1. The first-order valence-electron chi connectivity index (χ1n) is 12.6. The number of halogens is 1. The molecule has 1 saturated carbocycles. The Morgan fingerprint density at radius 3 is 2.53 bits per heavy atom. The van der Waals surface area contributed by atoms with Crippen molar-refractivity contribution < 1.29 is 18.8 Å². The number of nitrogens with zero attached hydrogens (tertiary/aromatic N) is 2. The molecule has 1 aromatic carbocycles. The van der Waals surface area contributed by atoms with Gasteiger partial charge in [0.05, 0.1) is 6.04 Å². The van der Waals surface area contributed by atoms with E-state index in [0.717, 1.165) is 44.9 Å². The molecule has 0 spiro atoms. The van der Waals surface area contributed by atoms with Crippen molar-refractivity contribution in [1.29, 1.82) is 0 Å². The lowest BCUT2D eigenvalue weighted by atomic mass is 9.83. The van der Waals surface area contributed by atoms with E-state index < -0.39 is 17.9 Å². The van der Waals surface area contributed by atoms with E-state index in [1.165, 1.54) is 41.7 Å². The van der Waals surface area contributed by atoms with Gasteiger partial charge in [-0.15, -0.1) is 17.9 Å². The molecule has 3 atom stereocenters. The topological polar surface area (TPSA) is 91.4 Å². The minimum Gasteiger partial charge on any atom is -0.342 e. The SMILES string of the molecule is C=C[C@H](NC)C(=O)N[C@H](C(=O)N1CCC[C@H]1c1nc(C(=O)c2ccc(F)cc2)cs1)C1CCCCC1. The fourth-order valence-corrected chi connectivity index (χ4v) is 6.15. The van der Waals surface area contributed by atoms with E-state index in [1.54, 1.807) is 12.4 Å². The van der Waals surface area contributed by atoms with Crippen LogP contribution in [0.5, 0.6) is 0 Å². The lowest BCUT2D eigenvalue weighted by Gasteiger charge is -2.35. The second-order valence-corrected chi connectivity index (χ2v) is 10.4. The summed E-state index contributed by atoms with van der Waals surface area (Å²) in [6.07, 6.45) is 8.16. The zero-order valence-corrected chi connectivity index (χ0v) is 21.4. The Hall–Kier alpha value is -2.91. The zero-order chi connectivity index (χ0) is 25.7. The average molecular weight is 513 g/mol. The van der Waals surface area contributed by atoms with Gasteiger partial charge in [-0.05, 0) is 62.9 Å². The van der Waals surface area contributed by atoms with E-state index in [9.17, 15) is 18.8 Å². The van der Waals surface area contributed by atoms with E-state index >= 15 is 0 Å². The number of carbonyl (C=O) groups is 3. The summed E-state index contributed by atoms with van der Waals surface area (Å²) in [5.41, 5.74) is 0.662. The number of likely N-dealkylation sites (N-methyl/N-ethyl adjacent to an activating group) is 1. The number of hydrogen-bond acceptors (Lipinski definition) is 6. The summed E-state index contributed by atoms with van der Waals surface area (Å²) in [7, 11) is 1.69. The lowest BCUT2D eigenvalue weighted by Crippen LogP contribution is -2.55. The molecule has 1 aliphatic heterocycles. The number of benzene rings is 1. The highest BCUT2D eigenvalue weighted by Gasteiger charge is 2.40. The Bertz CT molecular complexity index is 1100. The second kappa shape index (κ2) is 11.9. The van der Waals surface area contributed by atoms with Gasteiger partial charge in [0.25, 0.3) is 0 Å². The van der Waals surface area contributed by atoms with Crippen LogP contribution in [0.3, 0.4) is 0 Å². The fraction of sp³-hybridized carbons (Fsp3) is 0.481. The number of carbonyl (C=O) groups excluding carboxylic acids is 3. The smallest absolute Gasteiger partial charge is 0.246 e. The summed E-state index contributed by atoms with van der Waals surface area (Å²) in [5, 5.41) is 8.34. The monoisotopic (exact) mass is 512 g/mol. The van der Waals surface area contributed by atoms with Crippen molar-refractivity contribution in [3.8, 4) is 0 Å². The Morgan fingerprint density at radius 1 is 1.14 bits per heavy atom. The lowest BCUT2D eigenvalue weighted by molar-refractivity contribution is -0.139. The number of hydrogen-bond donors (Lipinski definition) is 2. The van der Waals surface area contributed by atoms with Gasteiger partial charge in [0.1, 0.15) is 28.6 Å². The number of likely N-dealkylation sites (tertiary alicyclic amines) is 1. The summed E-state index contributed by atoms with van der Waals surface area (Å²) in [5.74, 6) is -0.930. The summed E-state index contributed by atoms with van der Waals surface area (Å²) >= 11 is 1.36. The van der Waals surface area contributed by atoms with Gasteiger partial charge in [-0.25, -0.2) is 9.37 Å². The standard InChI is InChI=1S/C27H33FN4O3S/c1-3-20(29-2)25(34)31-23(17-8-5-4-6-9-17)27(35)32-15-7-10-22(32)26-30-21(16-36-26)24(33)18-11-13-19(28)14-12-18/h3,11-14,16-17,20,22-23,29H,1,4-10,15H2,2H3,(H,31,34)/t20-,22-,23-/m0/s1. The minimum atomic E-state index is -0.602. The van der Waals surface area contributed by atoms with Gasteiger partial charge in [-0.1, -0.05) is 25.3 Å². The Kier molecular flexibility index (Phi) is 8.64. The highest BCUT2D eigenvalue weighted by molar-refractivity contribution is 7.10. The maximum Gasteiger partial charge on any atom is 0.246 e. The zero-order valence-electron chi connectivity index (χ0n) is 20.5. The molecule has 9 heteroatoms. The molecule has 7 nitrogen and oxygen atoms in total. The van der Waals surface area contributed by atoms with Crippen LogP contribution in [0.1, 0.15) is 72.0 Å². The molecule has 2 heterocycles. The molecular weight excluding hydrogens is 479 g/mol. The van der Waals surface area contributed by atoms with Crippen molar-refractivity contribution in [2.24, 2.45) is 5.92 Å². The first-order valence-corrected chi connectivity index (χ1v) is 13.5. The second-order valence-electron chi connectivity index (χ2n) is 9.48. The molecule has 2 amide bonds. The molecule has 0 unspecified atom stereocenters. The van der Waals surface area contributed by atoms with Gasteiger partial charge in [-0.2, -0.15) is 0 Å². The summed E-state index contributed by atoms with van der Waals surface area (Å²) in [4.78, 5) is 46.0. The quantitative estimate of drug-likeness (QED) is 0.391. The molecule has 2 aliphatic rings. The van der Waals surface area contributed by atoms with Crippen LogP contribution in [-0.4, -0.2) is 53.2 Å². The van der Waals surface area contributed by atoms with Gasteiger partial charge < -0.3 is 15.5 Å². The van der Waals surface area contributed by atoms with E-state index in [2.05, 4.69) is 22.2 Å². The maximum absolute atomic E-state index is 13.9. The first-order chi connectivity index (χ1) is 17.4. The van der Waals surface area contributed by atoms with Gasteiger partial charge in [0.2, 0.25) is 17.6 Å². The van der Waals surface area contributed by atoms with Crippen LogP contribution < -0.4 is 10.6 Å². The van der Waals surface area contributed by atoms with E-state index in [-0.39, 0.29) is 29.6 Å². The van der Waals surface area contributed by atoms with Crippen molar-refractivity contribution in [3.63, 3.8) is 0 Å². The van der Waals surface area contributed by atoms with Gasteiger partial charge in [-0.3, -0.25) is 14.4 Å². The largest absolute Gasteiger partial charge is 0.342 e. The third kappa shape index (κ3) is 5.73.